The van der Waals surface area contributed by atoms with Gasteiger partial charge in [-0.1, -0.05) is 0 Å². The molecule has 0 aromatic carbocycles. The van der Waals surface area contributed by atoms with Gasteiger partial charge in [-0.2, -0.15) is 0 Å². The van der Waals surface area contributed by atoms with E-state index in [1.54, 1.807) is 0 Å². The SMILES string of the molecule is CC1=CC=NCCN=C/C=C(/C)NCCN1. The van der Waals surface area contributed by atoms with Crippen molar-refractivity contribution in [3.63, 3.8) is 0 Å². The predicted molar refractivity (Wildman–Crippen MR) is 70.2 cm³/mol. The zero-order valence-corrected chi connectivity index (χ0v) is 10.0. The molecule has 0 saturated heterocycles. The van der Waals surface area contributed by atoms with Crippen molar-refractivity contribution in [3.05, 3.63) is 23.5 Å². The molecule has 1 rings (SSSR count). The van der Waals surface area contributed by atoms with E-state index in [9.17, 15) is 0 Å². The summed E-state index contributed by atoms with van der Waals surface area (Å²) >= 11 is 0. The van der Waals surface area contributed by atoms with Crippen LogP contribution in [-0.4, -0.2) is 38.6 Å². The topological polar surface area (TPSA) is 48.8 Å². The molecule has 1 heterocycles. The average Bonchev–Trinajstić information content (AvgIpc) is 2.27. The normalized spacial score (nSPS) is 22.1. The quantitative estimate of drug-likeness (QED) is 0.643. The number of hydrogen-bond donors (Lipinski definition) is 2. The zero-order chi connectivity index (χ0) is 11.6. The predicted octanol–water partition coefficient (Wildman–Crippen LogP) is 1.13. The molecule has 4 nitrogen and oxygen atoms in total. The second-order valence-corrected chi connectivity index (χ2v) is 3.66. The fourth-order valence-corrected chi connectivity index (χ4v) is 1.23. The van der Waals surface area contributed by atoms with Crippen molar-refractivity contribution in [3.8, 4) is 0 Å². The standard InChI is InChI=1S/C12H20N4/c1-11-3-5-13-7-8-14-6-4-12(2)16-10-9-15-11/h3-6,15-16H,7-10H2,1-2H3/b11-3-,12-4?,13-5?,14-6?. The maximum atomic E-state index is 4.24. The zero-order valence-electron chi connectivity index (χ0n) is 10.0. The Labute approximate surface area is 97.3 Å². The lowest BCUT2D eigenvalue weighted by molar-refractivity contribution is 0.718. The Kier molecular flexibility index (Phi) is 5.99. The molecule has 1 aliphatic heterocycles. The Bertz CT molecular complexity index is 281. The molecule has 1 aliphatic rings. The van der Waals surface area contributed by atoms with E-state index in [2.05, 4.69) is 20.6 Å². The minimum atomic E-state index is 0.737. The number of allylic oxidation sites excluding steroid dienone is 4. The average molecular weight is 220 g/mol. The lowest BCUT2D eigenvalue weighted by atomic mass is 10.4. The van der Waals surface area contributed by atoms with Gasteiger partial charge in [-0.15, -0.1) is 0 Å². The van der Waals surface area contributed by atoms with Crippen molar-refractivity contribution in [1.29, 1.82) is 0 Å². The van der Waals surface area contributed by atoms with Crippen molar-refractivity contribution in [2.45, 2.75) is 13.8 Å². The summed E-state index contributed by atoms with van der Waals surface area (Å²) in [5.41, 5.74) is 2.26. The highest BCUT2D eigenvalue weighted by atomic mass is 14.9. The monoisotopic (exact) mass is 220 g/mol. The van der Waals surface area contributed by atoms with Crippen LogP contribution in [0.2, 0.25) is 0 Å². The smallest absolute Gasteiger partial charge is 0.0585 e. The van der Waals surface area contributed by atoms with E-state index >= 15 is 0 Å². The van der Waals surface area contributed by atoms with E-state index in [0.717, 1.165) is 37.6 Å². The first-order valence-electron chi connectivity index (χ1n) is 5.60. The molecular weight excluding hydrogens is 200 g/mol. The van der Waals surface area contributed by atoms with Gasteiger partial charge in [0.15, 0.2) is 0 Å². The third kappa shape index (κ3) is 6.01. The maximum absolute atomic E-state index is 4.24. The number of nitrogens with one attached hydrogen (secondary N) is 2. The third-order valence-electron chi connectivity index (χ3n) is 2.15. The minimum Gasteiger partial charge on any atom is -0.387 e. The summed E-state index contributed by atoms with van der Waals surface area (Å²) in [6.07, 6.45) is 7.63. The highest BCUT2D eigenvalue weighted by Gasteiger charge is 1.89. The highest BCUT2D eigenvalue weighted by Crippen LogP contribution is 1.87. The summed E-state index contributed by atoms with van der Waals surface area (Å²) in [7, 11) is 0. The van der Waals surface area contributed by atoms with Crippen LogP contribution in [-0.2, 0) is 0 Å². The van der Waals surface area contributed by atoms with Gasteiger partial charge in [0.2, 0.25) is 0 Å². The number of nitrogens with zero attached hydrogens (tertiary/aromatic N) is 2. The van der Waals surface area contributed by atoms with Crippen LogP contribution in [0.4, 0.5) is 0 Å². The molecule has 0 atom stereocenters. The van der Waals surface area contributed by atoms with Gasteiger partial charge < -0.3 is 10.6 Å². The van der Waals surface area contributed by atoms with Gasteiger partial charge in [0.05, 0.1) is 13.1 Å². The molecule has 0 saturated carbocycles. The van der Waals surface area contributed by atoms with E-state index in [1.807, 2.05) is 38.4 Å². The van der Waals surface area contributed by atoms with Crippen LogP contribution in [0.1, 0.15) is 13.8 Å². The Morgan fingerprint density at radius 2 is 1.31 bits per heavy atom. The lowest BCUT2D eigenvalue weighted by Gasteiger charge is -2.08. The molecule has 0 aromatic heterocycles. The van der Waals surface area contributed by atoms with Gasteiger partial charge in [0, 0.05) is 36.9 Å². The third-order valence-corrected chi connectivity index (χ3v) is 2.15. The van der Waals surface area contributed by atoms with Crippen LogP contribution in [0, 0.1) is 0 Å². The largest absolute Gasteiger partial charge is 0.387 e. The molecular formula is C12H20N4. The van der Waals surface area contributed by atoms with Gasteiger partial charge >= 0.3 is 0 Å². The molecule has 0 fully saturated rings. The highest BCUT2D eigenvalue weighted by molar-refractivity contribution is 5.72. The number of rotatable bonds is 0. The van der Waals surface area contributed by atoms with Crippen LogP contribution < -0.4 is 10.6 Å². The van der Waals surface area contributed by atoms with E-state index in [1.165, 1.54) is 0 Å². The summed E-state index contributed by atoms with van der Waals surface area (Å²) in [6.45, 7) is 7.36. The summed E-state index contributed by atoms with van der Waals surface area (Å²) in [5, 5.41) is 6.61. The lowest BCUT2D eigenvalue weighted by Crippen LogP contribution is -2.25. The molecule has 88 valence electrons. The fraction of sp³-hybridized carbons (Fsp3) is 0.500. The molecule has 0 radical (unpaired) electrons. The number of hydrogen-bond acceptors (Lipinski definition) is 4. The first-order chi connectivity index (χ1) is 7.79. The first-order valence-corrected chi connectivity index (χ1v) is 5.60. The summed E-state index contributed by atoms with van der Waals surface area (Å²) in [6, 6.07) is 0. The first kappa shape index (κ1) is 12.5. The molecule has 4 heteroatoms. The molecule has 0 spiro atoms. The summed E-state index contributed by atoms with van der Waals surface area (Å²) in [4.78, 5) is 8.47. The molecule has 2 N–H and O–H groups in total. The van der Waals surface area contributed by atoms with Crippen LogP contribution in [0.15, 0.2) is 33.5 Å². The Hall–Kier alpha value is -1.58. The van der Waals surface area contributed by atoms with Crippen molar-refractivity contribution in [2.75, 3.05) is 26.2 Å². The molecule has 16 heavy (non-hydrogen) atoms. The summed E-state index contributed by atoms with van der Waals surface area (Å²) in [5.74, 6) is 0. The van der Waals surface area contributed by atoms with Crippen molar-refractivity contribution in [1.82, 2.24) is 10.6 Å². The van der Waals surface area contributed by atoms with E-state index in [-0.39, 0.29) is 0 Å². The molecule has 0 bridgehead atoms. The second kappa shape index (κ2) is 7.68. The minimum absolute atomic E-state index is 0.737. The molecule has 0 amide bonds. The Morgan fingerprint density at radius 1 is 0.875 bits per heavy atom. The van der Waals surface area contributed by atoms with Gasteiger partial charge in [-0.05, 0) is 26.0 Å². The Balaban J connectivity index is 2.53. The van der Waals surface area contributed by atoms with Crippen molar-refractivity contribution in [2.24, 2.45) is 9.98 Å². The van der Waals surface area contributed by atoms with Crippen LogP contribution in [0.25, 0.3) is 0 Å². The molecule has 0 aromatic rings. The molecule has 0 unspecified atom stereocenters. The van der Waals surface area contributed by atoms with Crippen molar-refractivity contribution < 1.29 is 0 Å². The second-order valence-electron chi connectivity index (χ2n) is 3.66. The Morgan fingerprint density at radius 3 is 1.75 bits per heavy atom. The van der Waals surface area contributed by atoms with Crippen LogP contribution in [0.5, 0.6) is 0 Å². The summed E-state index contributed by atoms with van der Waals surface area (Å²) < 4.78 is 0. The van der Waals surface area contributed by atoms with Gasteiger partial charge in [0.1, 0.15) is 0 Å². The van der Waals surface area contributed by atoms with E-state index < -0.39 is 0 Å². The van der Waals surface area contributed by atoms with Crippen molar-refractivity contribution >= 4 is 12.4 Å². The molecule has 0 aliphatic carbocycles. The van der Waals surface area contributed by atoms with E-state index in [0.29, 0.717) is 0 Å². The van der Waals surface area contributed by atoms with Gasteiger partial charge in [-0.25, -0.2) is 0 Å². The van der Waals surface area contributed by atoms with Gasteiger partial charge in [-0.3, -0.25) is 9.98 Å². The van der Waals surface area contributed by atoms with E-state index in [4.69, 9.17) is 0 Å². The number of aliphatic imine (C=N–C) groups is 2. The van der Waals surface area contributed by atoms with Gasteiger partial charge in [0.25, 0.3) is 0 Å². The van der Waals surface area contributed by atoms with Crippen LogP contribution in [0.3, 0.4) is 0 Å². The maximum Gasteiger partial charge on any atom is 0.0585 e. The van der Waals surface area contributed by atoms with Crippen LogP contribution >= 0.6 is 0 Å². The fourth-order valence-electron chi connectivity index (χ4n) is 1.23.